The Balaban J connectivity index is 3.07. The molecule has 1 unspecified atom stereocenters. The van der Waals surface area contributed by atoms with Crippen LogP contribution in [0.3, 0.4) is 0 Å². The highest BCUT2D eigenvalue weighted by Gasteiger charge is 2.24. The molecular weight excluding hydrogens is 296 g/mol. The summed E-state index contributed by atoms with van der Waals surface area (Å²) in [5.41, 5.74) is 5.97. The van der Waals surface area contributed by atoms with E-state index in [-0.39, 0.29) is 23.6 Å². The Morgan fingerprint density at radius 3 is 2.62 bits per heavy atom. The zero-order chi connectivity index (χ0) is 16.2. The van der Waals surface area contributed by atoms with E-state index < -0.39 is 22.0 Å². The Bertz CT molecular complexity index is 615. The highest BCUT2D eigenvalue weighted by atomic mass is 32.2. The summed E-state index contributed by atoms with van der Waals surface area (Å²) in [6.07, 6.45) is -0.934. The van der Waals surface area contributed by atoms with Gasteiger partial charge in [-0.25, -0.2) is 8.42 Å². The summed E-state index contributed by atoms with van der Waals surface area (Å²) in [6, 6.07) is 4.16. The van der Waals surface area contributed by atoms with E-state index >= 15 is 0 Å². The summed E-state index contributed by atoms with van der Waals surface area (Å²) in [4.78, 5) is 11.2. The molecule has 0 saturated heterocycles. The van der Waals surface area contributed by atoms with Gasteiger partial charge in [0.25, 0.3) is 0 Å². The van der Waals surface area contributed by atoms with Gasteiger partial charge in [0.05, 0.1) is 17.6 Å². The van der Waals surface area contributed by atoms with E-state index in [0.29, 0.717) is 5.56 Å². The molecule has 1 aromatic carbocycles. The molecule has 8 heteroatoms. The van der Waals surface area contributed by atoms with Crippen molar-refractivity contribution in [1.82, 2.24) is 4.31 Å². The van der Waals surface area contributed by atoms with Crippen molar-refractivity contribution < 1.29 is 23.1 Å². The Morgan fingerprint density at radius 2 is 2.10 bits per heavy atom. The van der Waals surface area contributed by atoms with Crippen LogP contribution in [0.15, 0.2) is 23.1 Å². The van der Waals surface area contributed by atoms with Gasteiger partial charge in [-0.05, 0) is 24.6 Å². The molecule has 0 aromatic heterocycles. The number of nitrogens with two attached hydrogens (primary N) is 1. The van der Waals surface area contributed by atoms with Gasteiger partial charge in [-0.3, -0.25) is 4.79 Å². The van der Waals surface area contributed by atoms with E-state index in [1.807, 2.05) is 0 Å². The van der Waals surface area contributed by atoms with Gasteiger partial charge >= 0.3 is 0 Å². The van der Waals surface area contributed by atoms with Crippen LogP contribution in [0.25, 0.3) is 0 Å². The smallest absolute Gasteiger partial charge is 0.249 e. The number of likely N-dealkylation sites (N-methyl/N-ethyl adjacent to an activating group) is 1. The average Bonchev–Trinajstić information content (AvgIpc) is 2.38. The minimum Gasteiger partial charge on any atom is -0.389 e. The third-order valence-corrected chi connectivity index (χ3v) is 4.83. The number of carbonyl (C=O) groups excluding carboxylic acids is 1. The molecule has 0 saturated carbocycles. The lowest BCUT2D eigenvalue weighted by molar-refractivity contribution is 0.0554. The van der Waals surface area contributed by atoms with Crippen molar-refractivity contribution in [2.75, 3.05) is 27.3 Å². The first-order valence-electron chi connectivity index (χ1n) is 6.24. The summed E-state index contributed by atoms with van der Waals surface area (Å²) in [7, 11) is -1.06. The molecule has 1 atom stereocenters. The molecule has 0 aliphatic rings. The van der Waals surface area contributed by atoms with E-state index in [4.69, 9.17) is 10.5 Å². The van der Waals surface area contributed by atoms with Crippen LogP contribution >= 0.6 is 0 Å². The van der Waals surface area contributed by atoms with Crippen molar-refractivity contribution in [3.05, 3.63) is 29.3 Å². The summed E-state index contributed by atoms with van der Waals surface area (Å²) in [5, 5.41) is 9.61. The quantitative estimate of drug-likeness (QED) is 0.719. The van der Waals surface area contributed by atoms with Gasteiger partial charge in [-0.15, -0.1) is 0 Å². The summed E-state index contributed by atoms with van der Waals surface area (Å²) < 4.78 is 30.5. The fourth-order valence-electron chi connectivity index (χ4n) is 1.85. The van der Waals surface area contributed by atoms with Crippen LogP contribution in [0.4, 0.5) is 0 Å². The van der Waals surface area contributed by atoms with Gasteiger partial charge in [0.15, 0.2) is 0 Å². The average molecular weight is 316 g/mol. The van der Waals surface area contributed by atoms with Crippen molar-refractivity contribution in [2.24, 2.45) is 5.73 Å². The molecule has 1 aromatic rings. The third kappa shape index (κ3) is 4.24. The first kappa shape index (κ1) is 17.6. The fraction of sp³-hybridized carbons (Fsp3) is 0.462. The van der Waals surface area contributed by atoms with Crippen LogP contribution in [-0.2, 0) is 14.8 Å². The minimum absolute atomic E-state index is 0.0281. The summed E-state index contributed by atoms with van der Waals surface area (Å²) >= 11 is 0. The molecule has 0 radical (unpaired) electrons. The van der Waals surface area contributed by atoms with Crippen molar-refractivity contribution in [3.8, 4) is 0 Å². The normalized spacial score (nSPS) is 13.4. The monoisotopic (exact) mass is 316 g/mol. The number of rotatable bonds is 7. The van der Waals surface area contributed by atoms with Crippen LogP contribution in [0.5, 0.6) is 0 Å². The molecule has 0 fully saturated rings. The topological polar surface area (TPSA) is 110 Å². The standard InChI is InChI=1S/C13H20N2O5S/c1-9-4-5-11(6-12(9)13(14)17)21(18,19)15(2)7-10(16)8-20-3/h4-6,10,16H,7-8H2,1-3H3,(H2,14,17). The number of nitrogens with zero attached hydrogens (tertiary/aromatic N) is 1. The Kier molecular flexibility index (Phi) is 5.85. The highest BCUT2D eigenvalue weighted by Crippen LogP contribution is 2.18. The number of carbonyl (C=O) groups is 1. The maximum absolute atomic E-state index is 12.4. The Labute approximate surface area is 124 Å². The van der Waals surface area contributed by atoms with Gasteiger partial charge in [0.2, 0.25) is 15.9 Å². The predicted molar refractivity (Wildman–Crippen MR) is 77.4 cm³/mol. The van der Waals surface area contributed by atoms with Crippen LogP contribution < -0.4 is 5.73 Å². The number of ether oxygens (including phenoxy) is 1. The van der Waals surface area contributed by atoms with Crippen LogP contribution in [0, 0.1) is 6.92 Å². The van der Waals surface area contributed by atoms with Crippen LogP contribution in [-0.4, -0.2) is 57.1 Å². The second-order valence-corrected chi connectivity index (χ2v) is 6.78. The molecule has 0 bridgehead atoms. The lowest BCUT2D eigenvalue weighted by Crippen LogP contribution is -2.36. The van der Waals surface area contributed by atoms with Gasteiger partial charge < -0.3 is 15.6 Å². The molecule has 118 valence electrons. The molecule has 21 heavy (non-hydrogen) atoms. The summed E-state index contributed by atoms with van der Waals surface area (Å²) in [5.74, 6) is -0.688. The predicted octanol–water partition coefficient (Wildman–Crippen LogP) is -0.278. The fourth-order valence-corrected chi connectivity index (χ4v) is 3.08. The maximum atomic E-state index is 12.4. The largest absolute Gasteiger partial charge is 0.389 e. The van der Waals surface area contributed by atoms with E-state index in [9.17, 15) is 18.3 Å². The first-order valence-corrected chi connectivity index (χ1v) is 7.68. The third-order valence-electron chi connectivity index (χ3n) is 3.01. The van der Waals surface area contributed by atoms with E-state index in [1.54, 1.807) is 6.92 Å². The maximum Gasteiger partial charge on any atom is 0.249 e. The van der Waals surface area contributed by atoms with Gasteiger partial charge in [0, 0.05) is 26.3 Å². The molecule has 1 rings (SSSR count). The van der Waals surface area contributed by atoms with Crippen molar-refractivity contribution >= 4 is 15.9 Å². The molecule has 3 N–H and O–H groups in total. The van der Waals surface area contributed by atoms with Gasteiger partial charge in [-0.1, -0.05) is 6.07 Å². The second kappa shape index (κ2) is 6.99. The van der Waals surface area contributed by atoms with Crippen molar-refractivity contribution in [3.63, 3.8) is 0 Å². The second-order valence-electron chi connectivity index (χ2n) is 4.74. The van der Waals surface area contributed by atoms with Gasteiger partial charge in [-0.2, -0.15) is 4.31 Å². The number of methoxy groups -OCH3 is 1. The minimum atomic E-state index is -3.82. The number of aryl methyl sites for hydroxylation is 1. The molecule has 0 aliphatic carbocycles. The number of benzene rings is 1. The molecule has 7 nitrogen and oxygen atoms in total. The van der Waals surface area contributed by atoms with E-state index in [1.165, 1.54) is 32.4 Å². The van der Waals surface area contributed by atoms with Crippen molar-refractivity contribution in [2.45, 2.75) is 17.9 Å². The molecule has 0 heterocycles. The number of sulfonamides is 1. The lowest BCUT2D eigenvalue weighted by atomic mass is 10.1. The van der Waals surface area contributed by atoms with E-state index in [0.717, 1.165) is 4.31 Å². The van der Waals surface area contributed by atoms with E-state index in [2.05, 4.69) is 0 Å². The van der Waals surface area contributed by atoms with Crippen molar-refractivity contribution in [1.29, 1.82) is 0 Å². The highest BCUT2D eigenvalue weighted by molar-refractivity contribution is 7.89. The Morgan fingerprint density at radius 1 is 1.48 bits per heavy atom. The molecule has 1 amide bonds. The zero-order valence-corrected chi connectivity index (χ0v) is 13.1. The number of primary amides is 1. The molecule has 0 spiro atoms. The van der Waals surface area contributed by atoms with Crippen LogP contribution in [0.2, 0.25) is 0 Å². The van der Waals surface area contributed by atoms with Gasteiger partial charge in [0.1, 0.15) is 0 Å². The number of aliphatic hydroxyl groups excluding tert-OH is 1. The Hall–Kier alpha value is -1.48. The molecular formula is C13H20N2O5S. The number of hydrogen-bond acceptors (Lipinski definition) is 5. The summed E-state index contributed by atoms with van der Waals surface area (Å²) in [6.45, 7) is 1.58. The number of amides is 1. The SMILES string of the molecule is COCC(O)CN(C)S(=O)(=O)c1ccc(C)c(C(N)=O)c1. The number of aliphatic hydroxyl groups is 1. The number of hydrogen-bond donors (Lipinski definition) is 2. The first-order chi connectivity index (χ1) is 9.70. The van der Waals surface area contributed by atoms with Crippen LogP contribution in [0.1, 0.15) is 15.9 Å². The zero-order valence-electron chi connectivity index (χ0n) is 12.2. The lowest BCUT2D eigenvalue weighted by Gasteiger charge is -2.20. The molecule has 0 aliphatic heterocycles.